The van der Waals surface area contributed by atoms with Crippen molar-refractivity contribution in [2.24, 2.45) is 0 Å². The number of hydrogen-bond donors (Lipinski definition) is 2. The highest BCUT2D eigenvalue weighted by molar-refractivity contribution is 5.75. The van der Waals surface area contributed by atoms with E-state index >= 15 is 0 Å². The minimum Gasteiger partial charge on any atom is -0.385 e. The molecule has 4 nitrogen and oxygen atoms in total. The minimum absolute atomic E-state index is 0.00154. The van der Waals surface area contributed by atoms with Crippen LogP contribution in [0.4, 0.5) is 8.78 Å². The summed E-state index contributed by atoms with van der Waals surface area (Å²) in [4.78, 5) is 10.3. The maximum atomic E-state index is 13.1. The molecule has 1 aromatic rings. The van der Waals surface area contributed by atoms with Gasteiger partial charge in [-0.25, -0.2) is 8.78 Å². The van der Waals surface area contributed by atoms with Gasteiger partial charge < -0.3 is 10.2 Å². The maximum absolute atomic E-state index is 13.1. The molecule has 0 bridgehead atoms. The van der Waals surface area contributed by atoms with Crippen LogP contribution in [0.2, 0.25) is 0 Å². The van der Waals surface area contributed by atoms with E-state index in [2.05, 4.69) is 0 Å². The minimum atomic E-state index is -1.79. The Balaban J connectivity index is 3.19. The second-order valence-corrected chi connectivity index (χ2v) is 3.03. The lowest BCUT2D eigenvalue weighted by atomic mass is 10.0. The molecule has 0 saturated heterocycles. The number of carbonyl (C=O) groups is 1. The fraction of sp³-hybridized carbons (Fsp3) is 0.200. The van der Waals surface area contributed by atoms with Crippen LogP contribution in [0.5, 0.6) is 0 Å². The molecule has 0 aliphatic rings. The van der Waals surface area contributed by atoms with Crippen molar-refractivity contribution >= 4 is 6.29 Å². The molecule has 2 N–H and O–H groups in total. The third kappa shape index (κ3) is 2.21. The Morgan fingerprint density at radius 1 is 1.31 bits per heavy atom. The van der Waals surface area contributed by atoms with Crippen molar-refractivity contribution in [2.45, 2.75) is 12.2 Å². The summed E-state index contributed by atoms with van der Waals surface area (Å²) in [5.41, 5.74) is -1.07. The first-order valence-corrected chi connectivity index (χ1v) is 4.21. The quantitative estimate of drug-likeness (QED) is 0.588. The fourth-order valence-electron chi connectivity index (χ4n) is 1.14. The number of nitriles is 1. The van der Waals surface area contributed by atoms with Crippen molar-refractivity contribution in [1.29, 1.82) is 5.26 Å². The van der Waals surface area contributed by atoms with Crippen LogP contribution in [0.25, 0.3) is 0 Å². The van der Waals surface area contributed by atoms with Crippen molar-refractivity contribution in [3.05, 3.63) is 34.9 Å². The molecule has 1 rings (SSSR count). The zero-order valence-electron chi connectivity index (χ0n) is 7.89. The van der Waals surface area contributed by atoms with E-state index in [1.54, 1.807) is 0 Å². The van der Waals surface area contributed by atoms with Crippen LogP contribution in [0.3, 0.4) is 0 Å². The van der Waals surface area contributed by atoms with Crippen LogP contribution >= 0.6 is 0 Å². The lowest BCUT2D eigenvalue weighted by molar-refractivity contribution is 0.0523. The van der Waals surface area contributed by atoms with Gasteiger partial charge in [0.25, 0.3) is 0 Å². The standard InChI is InChI=1S/C10H7F2NO3/c11-7-1-5(10(16)9(15)3-13)2-8(12)6(7)4-14/h1-2,4,9-10,15-16H. The van der Waals surface area contributed by atoms with E-state index in [0.717, 1.165) is 0 Å². The van der Waals surface area contributed by atoms with Crippen molar-refractivity contribution in [1.82, 2.24) is 0 Å². The topological polar surface area (TPSA) is 81.3 Å². The largest absolute Gasteiger partial charge is 0.385 e. The summed E-state index contributed by atoms with van der Waals surface area (Å²) in [5.74, 6) is -2.32. The molecular weight excluding hydrogens is 220 g/mol. The highest BCUT2D eigenvalue weighted by Crippen LogP contribution is 2.21. The van der Waals surface area contributed by atoms with Gasteiger partial charge in [-0.3, -0.25) is 4.79 Å². The third-order valence-corrected chi connectivity index (χ3v) is 1.99. The zero-order valence-corrected chi connectivity index (χ0v) is 7.89. The molecular formula is C10H7F2NO3. The van der Waals surface area contributed by atoms with E-state index in [4.69, 9.17) is 10.4 Å². The molecule has 16 heavy (non-hydrogen) atoms. The smallest absolute Gasteiger partial charge is 0.170 e. The number of aliphatic hydroxyl groups is 2. The van der Waals surface area contributed by atoms with Gasteiger partial charge >= 0.3 is 0 Å². The third-order valence-electron chi connectivity index (χ3n) is 1.99. The van der Waals surface area contributed by atoms with Gasteiger partial charge in [0.2, 0.25) is 0 Å². The van der Waals surface area contributed by atoms with Gasteiger partial charge in [-0.05, 0) is 17.7 Å². The molecule has 0 radical (unpaired) electrons. The maximum Gasteiger partial charge on any atom is 0.170 e. The summed E-state index contributed by atoms with van der Waals surface area (Å²) in [6, 6.07) is 2.71. The monoisotopic (exact) mass is 227 g/mol. The molecule has 0 fully saturated rings. The molecule has 2 unspecified atom stereocenters. The van der Waals surface area contributed by atoms with Crippen molar-refractivity contribution in [2.75, 3.05) is 0 Å². The van der Waals surface area contributed by atoms with Crippen molar-refractivity contribution in [3.8, 4) is 6.07 Å². The van der Waals surface area contributed by atoms with Gasteiger partial charge in [0.05, 0.1) is 11.6 Å². The summed E-state index contributed by atoms with van der Waals surface area (Å²) in [7, 11) is 0. The van der Waals surface area contributed by atoms with Crippen LogP contribution in [-0.2, 0) is 0 Å². The molecule has 0 aliphatic heterocycles. The molecule has 0 amide bonds. The summed E-state index contributed by atoms with van der Waals surface area (Å²) in [6.07, 6.45) is -3.52. The average Bonchev–Trinajstić information content (AvgIpc) is 2.26. The molecule has 0 aromatic heterocycles. The van der Waals surface area contributed by atoms with Crippen LogP contribution in [0.15, 0.2) is 12.1 Å². The van der Waals surface area contributed by atoms with E-state index in [1.165, 1.54) is 6.07 Å². The normalized spacial score (nSPS) is 13.9. The zero-order chi connectivity index (χ0) is 12.3. The Labute approximate surface area is 89.4 Å². The lowest BCUT2D eigenvalue weighted by Gasteiger charge is -2.12. The second-order valence-electron chi connectivity index (χ2n) is 3.03. The number of carbonyl (C=O) groups excluding carboxylic acids is 1. The molecule has 0 heterocycles. The highest BCUT2D eigenvalue weighted by Gasteiger charge is 2.21. The molecule has 2 atom stereocenters. The predicted molar refractivity (Wildman–Crippen MR) is 48.3 cm³/mol. The summed E-state index contributed by atoms with van der Waals surface area (Å²) in [6.45, 7) is 0. The van der Waals surface area contributed by atoms with Gasteiger partial charge in [0.1, 0.15) is 17.7 Å². The van der Waals surface area contributed by atoms with Crippen molar-refractivity contribution in [3.63, 3.8) is 0 Å². The number of halogens is 2. The Hall–Kier alpha value is -1.84. The summed E-state index contributed by atoms with van der Waals surface area (Å²) < 4.78 is 26.2. The first kappa shape index (κ1) is 12.2. The van der Waals surface area contributed by atoms with Gasteiger partial charge in [0, 0.05) is 0 Å². The first-order valence-electron chi connectivity index (χ1n) is 4.21. The van der Waals surface area contributed by atoms with Crippen LogP contribution in [0, 0.1) is 23.0 Å². The molecule has 0 spiro atoms. The van der Waals surface area contributed by atoms with Crippen LogP contribution in [-0.4, -0.2) is 22.6 Å². The summed E-state index contributed by atoms with van der Waals surface area (Å²) >= 11 is 0. The highest BCUT2D eigenvalue weighted by atomic mass is 19.1. The average molecular weight is 227 g/mol. The van der Waals surface area contributed by atoms with Gasteiger partial charge in [-0.2, -0.15) is 5.26 Å². The Morgan fingerprint density at radius 3 is 2.19 bits per heavy atom. The van der Waals surface area contributed by atoms with Crippen LogP contribution < -0.4 is 0 Å². The molecule has 0 saturated carbocycles. The van der Waals surface area contributed by atoms with E-state index in [-0.39, 0.29) is 11.8 Å². The van der Waals surface area contributed by atoms with Crippen LogP contribution in [0.1, 0.15) is 22.0 Å². The number of nitrogens with zero attached hydrogens (tertiary/aromatic N) is 1. The van der Waals surface area contributed by atoms with E-state index in [1.807, 2.05) is 0 Å². The second kappa shape index (κ2) is 4.79. The predicted octanol–water partition coefficient (Wildman–Crippen LogP) is 0.695. The number of benzene rings is 1. The van der Waals surface area contributed by atoms with Gasteiger partial charge in [-0.1, -0.05) is 0 Å². The van der Waals surface area contributed by atoms with E-state index in [0.29, 0.717) is 12.1 Å². The van der Waals surface area contributed by atoms with E-state index in [9.17, 15) is 18.7 Å². The SMILES string of the molecule is N#CC(O)C(O)c1cc(F)c(C=O)c(F)c1. The molecule has 1 aromatic carbocycles. The van der Waals surface area contributed by atoms with Crippen molar-refractivity contribution < 1.29 is 23.8 Å². The number of aldehydes is 1. The molecule has 0 aliphatic carbocycles. The van der Waals surface area contributed by atoms with Gasteiger partial charge in [-0.15, -0.1) is 0 Å². The Bertz CT molecular complexity index is 433. The molecule has 84 valence electrons. The number of rotatable bonds is 3. The molecule has 6 heteroatoms. The number of hydrogen-bond acceptors (Lipinski definition) is 4. The fourth-order valence-corrected chi connectivity index (χ4v) is 1.14. The first-order chi connectivity index (χ1) is 7.51. The number of aliphatic hydroxyl groups excluding tert-OH is 2. The van der Waals surface area contributed by atoms with E-state index < -0.39 is 29.4 Å². The lowest BCUT2D eigenvalue weighted by Crippen LogP contribution is -2.16. The summed E-state index contributed by atoms with van der Waals surface area (Å²) in [5, 5.41) is 26.6. The Kier molecular flexibility index (Phi) is 3.66. The Morgan fingerprint density at radius 2 is 1.81 bits per heavy atom. The van der Waals surface area contributed by atoms with Gasteiger partial charge in [0.15, 0.2) is 12.4 Å².